The van der Waals surface area contributed by atoms with Crippen molar-refractivity contribution in [3.05, 3.63) is 47.8 Å². The Morgan fingerprint density at radius 2 is 1.86 bits per heavy atom. The fraction of sp³-hybridized carbons (Fsp3) is 0.381. The summed E-state index contributed by atoms with van der Waals surface area (Å²) >= 11 is 0. The molecule has 1 N–H and O–H groups in total. The van der Waals surface area contributed by atoms with Crippen LogP contribution in [0, 0.1) is 5.92 Å². The van der Waals surface area contributed by atoms with E-state index in [0.29, 0.717) is 28.7 Å². The van der Waals surface area contributed by atoms with Crippen LogP contribution in [0.5, 0.6) is 11.5 Å². The largest absolute Gasteiger partial charge is 0.497 e. The van der Waals surface area contributed by atoms with Crippen LogP contribution in [0.2, 0.25) is 0 Å². The van der Waals surface area contributed by atoms with Crippen LogP contribution in [0.15, 0.2) is 36.5 Å². The lowest BCUT2D eigenvalue weighted by Gasteiger charge is -2.30. The molecule has 1 saturated heterocycles. The Labute approximate surface area is 164 Å². The fourth-order valence-corrected chi connectivity index (χ4v) is 3.18. The smallest absolute Gasteiger partial charge is 0.274 e. The van der Waals surface area contributed by atoms with E-state index in [4.69, 9.17) is 9.47 Å². The fourth-order valence-electron chi connectivity index (χ4n) is 3.18. The van der Waals surface area contributed by atoms with Crippen molar-refractivity contribution in [3.63, 3.8) is 0 Å². The van der Waals surface area contributed by atoms with Gasteiger partial charge in [-0.15, -0.1) is 0 Å². The van der Waals surface area contributed by atoms with E-state index in [-0.39, 0.29) is 11.6 Å². The van der Waals surface area contributed by atoms with E-state index in [1.165, 1.54) is 19.4 Å². The first-order valence-corrected chi connectivity index (χ1v) is 9.30. The minimum absolute atomic E-state index is 0.0673. The predicted molar refractivity (Wildman–Crippen MR) is 106 cm³/mol. The Balaban J connectivity index is 1.76. The van der Waals surface area contributed by atoms with Gasteiger partial charge in [0.1, 0.15) is 17.2 Å². The van der Waals surface area contributed by atoms with Gasteiger partial charge in [-0.1, -0.05) is 6.92 Å². The van der Waals surface area contributed by atoms with E-state index in [9.17, 15) is 9.59 Å². The molecule has 148 valence electrons. The number of pyridine rings is 1. The zero-order valence-corrected chi connectivity index (χ0v) is 16.4. The molecule has 0 unspecified atom stereocenters. The number of benzene rings is 1. The van der Waals surface area contributed by atoms with Gasteiger partial charge < -0.3 is 19.7 Å². The van der Waals surface area contributed by atoms with Crippen LogP contribution in [0.25, 0.3) is 0 Å². The number of nitrogens with one attached hydrogen (secondary N) is 1. The molecule has 1 aromatic heterocycles. The van der Waals surface area contributed by atoms with Crippen LogP contribution < -0.4 is 14.8 Å². The highest BCUT2D eigenvalue weighted by molar-refractivity contribution is 6.05. The highest BCUT2D eigenvalue weighted by Crippen LogP contribution is 2.29. The zero-order valence-electron chi connectivity index (χ0n) is 16.4. The van der Waals surface area contributed by atoms with E-state index in [0.717, 1.165) is 25.9 Å². The van der Waals surface area contributed by atoms with Gasteiger partial charge in [-0.2, -0.15) is 0 Å². The Hall–Kier alpha value is -3.09. The van der Waals surface area contributed by atoms with Crippen LogP contribution in [-0.2, 0) is 0 Å². The second-order valence-corrected chi connectivity index (χ2v) is 6.92. The van der Waals surface area contributed by atoms with Crippen LogP contribution >= 0.6 is 0 Å². The quantitative estimate of drug-likeness (QED) is 0.857. The van der Waals surface area contributed by atoms with Gasteiger partial charge in [0.25, 0.3) is 11.8 Å². The molecule has 7 nitrogen and oxygen atoms in total. The summed E-state index contributed by atoms with van der Waals surface area (Å²) in [5.74, 6) is 1.24. The highest BCUT2D eigenvalue weighted by atomic mass is 16.5. The highest BCUT2D eigenvalue weighted by Gasteiger charge is 2.22. The van der Waals surface area contributed by atoms with Gasteiger partial charge in [0, 0.05) is 30.9 Å². The number of amides is 2. The molecule has 1 aliphatic rings. The summed E-state index contributed by atoms with van der Waals surface area (Å²) in [5.41, 5.74) is 1.10. The number of piperidine rings is 1. The number of hydrogen-bond acceptors (Lipinski definition) is 5. The molecule has 0 spiro atoms. The third-order valence-corrected chi connectivity index (χ3v) is 4.97. The molecule has 1 aromatic carbocycles. The topological polar surface area (TPSA) is 80.8 Å². The number of rotatable bonds is 5. The molecule has 1 aliphatic heterocycles. The van der Waals surface area contributed by atoms with Crippen molar-refractivity contribution in [2.24, 2.45) is 5.92 Å². The van der Waals surface area contributed by atoms with E-state index in [1.807, 2.05) is 4.90 Å². The summed E-state index contributed by atoms with van der Waals surface area (Å²) < 4.78 is 10.5. The van der Waals surface area contributed by atoms with Gasteiger partial charge >= 0.3 is 0 Å². The SMILES string of the molecule is COc1ccc(OC)c(NC(=O)c2cc(C(=O)N3CCC(C)CC3)ccn2)c1. The van der Waals surface area contributed by atoms with Crippen molar-refractivity contribution in [2.75, 3.05) is 32.6 Å². The summed E-state index contributed by atoms with van der Waals surface area (Å²) in [5, 5.41) is 2.77. The number of anilines is 1. The summed E-state index contributed by atoms with van der Waals surface area (Å²) in [7, 11) is 3.07. The van der Waals surface area contributed by atoms with Crippen molar-refractivity contribution < 1.29 is 19.1 Å². The second kappa shape index (κ2) is 8.73. The zero-order chi connectivity index (χ0) is 20.1. The van der Waals surface area contributed by atoms with E-state index in [1.54, 1.807) is 31.4 Å². The molecule has 2 heterocycles. The van der Waals surface area contributed by atoms with E-state index in [2.05, 4.69) is 17.2 Å². The Bertz CT molecular complexity index is 860. The lowest BCUT2D eigenvalue weighted by molar-refractivity contribution is 0.0697. The number of methoxy groups -OCH3 is 2. The van der Waals surface area contributed by atoms with Crippen LogP contribution in [-0.4, -0.2) is 49.0 Å². The number of hydrogen-bond donors (Lipinski definition) is 1. The summed E-state index contributed by atoms with van der Waals surface area (Å²) in [6, 6.07) is 8.29. The van der Waals surface area contributed by atoms with E-state index < -0.39 is 5.91 Å². The Morgan fingerprint density at radius 1 is 1.11 bits per heavy atom. The number of ether oxygens (including phenoxy) is 2. The standard InChI is InChI=1S/C21H25N3O4/c1-14-7-10-24(11-8-14)21(26)15-6-9-22-18(12-15)20(25)23-17-13-16(27-2)4-5-19(17)28-3/h4-6,9,12-14H,7-8,10-11H2,1-3H3,(H,23,25). The first-order valence-electron chi connectivity index (χ1n) is 9.30. The van der Waals surface area contributed by atoms with Crippen molar-refractivity contribution in [3.8, 4) is 11.5 Å². The Kier molecular flexibility index (Phi) is 6.13. The van der Waals surface area contributed by atoms with Crippen molar-refractivity contribution >= 4 is 17.5 Å². The average Bonchev–Trinajstić information content (AvgIpc) is 2.73. The van der Waals surface area contributed by atoms with Gasteiger partial charge in [-0.3, -0.25) is 14.6 Å². The van der Waals surface area contributed by atoms with Gasteiger partial charge in [-0.05, 0) is 43.0 Å². The van der Waals surface area contributed by atoms with Gasteiger partial charge in [0.05, 0.1) is 19.9 Å². The molecule has 0 aliphatic carbocycles. The average molecular weight is 383 g/mol. The monoisotopic (exact) mass is 383 g/mol. The number of carbonyl (C=O) groups excluding carboxylic acids is 2. The summed E-state index contributed by atoms with van der Waals surface area (Å²) in [6.07, 6.45) is 3.48. The molecule has 0 atom stereocenters. The lowest BCUT2D eigenvalue weighted by Crippen LogP contribution is -2.38. The molecule has 2 aromatic rings. The molecular formula is C21H25N3O4. The maximum Gasteiger partial charge on any atom is 0.274 e. The van der Waals surface area contributed by atoms with Gasteiger partial charge in [0.15, 0.2) is 0 Å². The molecule has 7 heteroatoms. The van der Waals surface area contributed by atoms with Crippen LogP contribution in [0.4, 0.5) is 5.69 Å². The minimum Gasteiger partial charge on any atom is -0.497 e. The second-order valence-electron chi connectivity index (χ2n) is 6.92. The number of carbonyl (C=O) groups is 2. The summed E-state index contributed by atoms with van der Waals surface area (Å²) in [6.45, 7) is 3.68. The third-order valence-electron chi connectivity index (χ3n) is 4.97. The maximum atomic E-state index is 12.8. The molecule has 28 heavy (non-hydrogen) atoms. The van der Waals surface area contributed by atoms with Crippen LogP contribution in [0.1, 0.15) is 40.6 Å². The normalized spacial score (nSPS) is 14.5. The van der Waals surface area contributed by atoms with Gasteiger partial charge in [0.2, 0.25) is 0 Å². The first-order chi connectivity index (χ1) is 13.5. The molecule has 0 radical (unpaired) electrons. The maximum absolute atomic E-state index is 12.8. The van der Waals surface area contributed by atoms with Crippen molar-refractivity contribution in [1.29, 1.82) is 0 Å². The van der Waals surface area contributed by atoms with Crippen molar-refractivity contribution in [2.45, 2.75) is 19.8 Å². The molecular weight excluding hydrogens is 358 g/mol. The van der Waals surface area contributed by atoms with E-state index >= 15 is 0 Å². The molecule has 1 fully saturated rings. The number of likely N-dealkylation sites (tertiary alicyclic amines) is 1. The summed E-state index contributed by atoms with van der Waals surface area (Å²) in [4.78, 5) is 31.4. The van der Waals surface area contributed by atoms with Crippen LogP contribution in [0.3, 0.4) is 0 Å². The number of aromatic nitrogens is 1. The molecule has 0 saturated carbocycles. The lowest BCUT2D eigenvalue weighted by atomic mass is 9.98. The molecule has 0 bridgehead atoms. The Morgan fingerprint density at radius 3 is 2.54 bits per heavy atom. The molecule has 3 rings (SSSR count). The third kappa shape index (κ3) is 4.42. The first kappa shape index (κ1) is 19.7. The number of nitrogens with zero attached hydrogens (tertiary/aromatic N) is 2. The minimum atomic E-state index is -0.423. The molecule has 2 amide bonds. The van der Waals surface area contributed by atoms with Crippen molar-refractivity contribution in [1.82, 2.24) is 9.88 Å². The van der Waals surface area contributed by atoms with Gasteiger partial charge in [-0.25, -0.2) is 0 Å². The predicted octanol–water partition coefficient (Wildman–Crippen LogP) is 3.22.